The van der Waals surface area contributed by atoms with E-state index < -0.39 is 56.8 Å². The second-order valence-corrected chi connectivity index (χ2v) is 8.70. The van der Waals surface area contributed by atoms with Gasteiger partial charge in [0.25, 0.3) is 5.91 Å². The van der Waals surface area contributed by atoms with Crippen molar-refractivity contribution in [3.63, 3.8) is 0 Å². The summed E-state index contributed by atoms with van der Waals surface area (Å²) in [7, 11) is 0. The third kappa shape index (κ3) is 5.06. The standard InChI is InChI=1S/C19H13Cl3F3N3O3/c1-7(29)26-12-5-13(15(24)16(25)14(12)23)28-17(30)9-4-8(2-3-11(9)20)27-18(31)10-6-19(10,21)22/h2-5,10H,6H2,1H3,(H,26,29)(H,27,31)(H,28,30). The molecule has 2 aromatic rings. The van der Waals surface area contributed by atoms with E-state index in [1.807, 2.05) is 5.32 Å². The van der Waals surface area contributed by atoms with Crippen LogP contribution in [0.4, 0.5) is 30.2 Å². The lowest BCUT2D eigenvalue weighted by molar-refractivity contribution is -0.117. The Morgan fingerprint density at radius 2 is 1.55 bits per heavy atom. The molecule has 31 heavy (non-hydrogen) atoms. The Kier molecular flexibility index (Phi) is 6.40. The zero-order valence-electron chi connectivity index (χ0n) is 15.6. The Balaban J connectivity index is 1.84. The first-order chi connectivity index (χ1) is 14.4. The van der Waals surface area contributed by atoms with Gasteiger partial charge in [-0.3, -0.25) is 14.4 Å². The minimum atomic E-state index is -1.89. The highest BCUT2D eigenvalue weighted by atomic mass is 35.5. The van der Waals surface area contributed by atoms with Crippen LogP contribution in [0.1, 0.15) is 23.7 Å². The molecule has 1 aliphatic carbocycles. The molecule has 1 aliphatic rings. The van der Waals surface area contributed by atoms with Gasteiger partial charge in [-0.1, -0.05) is 11.6 Å². The maximum absolute atomic E-state index is 14.1. The summed E-state index contributed by atoms with van der Waals surface area (Å²) in [6.45, 7) is 1.04. The highest BCUT2D eigenvalue weighted by Gasteiger charge is 2.56. The Morgan fingerprint density at radius 1 is 0.968 bits per heavy atom. The largest absolute Gasteiger partial charge is 0.326 e. The third-order valence-electron chi connectivity index (χ3n) is 4.33. The van der Waals surface area contributed by atoms with Crippen LogP contribution in [0, 0.1) is 23.4 Å². The van der Waals surface area contributed by atoms with Crippen LogP contribution in [-0.4, -0.2) is 22.1 Å². The maximum Gasteiger partial charge on any atom is 0.257 e. The minimum Gasteiger partial charge on any atom is -0.326 e. The molecular formula is C19H13Cl3F3N3O3. The molecule has 0 saturated heterocycles. The molecule has 1 fully saturated rings. The molecule has 3 rings (SSSR count). The second kappa shape index (κ2) is 8.57. The number of alkyl halides is 2. The summed E-state index contributed by atoms with van der Waals surface area (Å²) in [5, 5.41) is 6.53. The van der Waals surface area contributed by atoms with Crippen LogP contribution in [0.2, 0.25) is 5.02 Å². The van der Waals surface area contributed by atoms with Gasteiger partial charge in [0.1, 0.15) is 4.33 Å². The molecule has 0 aliphatic heterocycles. The quantitative estimate of drug-likeness (QED) is 0.399. The van der Waals surface area contributed by atoms with E-state index >= 15 is 0 Å². The van der Waals surface area contributed by atoms with E-state index in [1.165, 1.54) is 18.2 Å². The molecule has 0 spiro atoms. The van der Waals surface area contributed by atoms with Crippen LogP contribution in [-0.2, 0) is 9.59 Å². The number of benzene rings is 2. The zero-order valence-corrected chi connectivity index (χ0v) is 17.9. The molecule has 0 heterocycles. The Labute approximate surface area is 189 Å². The van der Waals surface area contributed by atoms with Crippen molar-refractivity contribution in [2.45, 2.75) is 17.7 Å². The number of nitrogens with one attached hydrogen (secondary N) is 3. The number of hydrogen-bond donors (Lipinski definition) is 3. The van der Waals surface area contributed by atoms with E-state index in [0.29, 0.717) is 0 Å². The fraction of sp³-hybridized carbons (Fsp3) is 0.211. The molecule has 1 saturated carbocycles. The van der Waals surface area contributed by atoms with Gasteiger partial charge in [0.2, 0.25) is 11.8 Å². The summed E-state index contributed by atoms with van der Waals surface area (Å²) in [5.41, 5.74) is -1.40. The predicted molar refractivity (Wildman–Crippen MR) is 111 cm³/mol. The van der Waals surface area contributed by atoms with Crippen LogP contribution in [0.3, 0.4) is 0 Å². The molecule has 164 valence electrons. The number of carbonyl (C=O) groups is 3. The lowest BCUT2D eigenvalue weighted by Gasteiger charge is -2.13. The van der Waals surface area contributed by atoms with Gasteiger partial charge in [0.15, 0.2) is 17.5 Å². The fourth-order valence-electron chi connectivity index (χ4n) is 2.67. The molecule has 0 bridgehead atoms. The van der Waals surface area contributed by atoms with E-state index in [1.54, 1.807) is 0 Å². The van der Waals surface area contributed by atoms with Crippen molar-refractivity contribution >= 4 is 69.6 Å². The molecule has 3 amide bonds. The van der Waals surface area contributed by atoms with Crippen molar-refractivity contribution in [1.29, 1.82) is 0 Å². The summed E-state index contributed by atoms with van der Waals surface area (Å²) in [6, 6.07) is 4.64. The van der Waals surface area contributed by atoms with Crippen molar-refractivity contribution in [3.8, 4) is 0 Å². The topological polar surface area (TPSA) is 87.3 Å². The summed E-state index contributed by atoms with van der Waals surface area (Å²) in [6.07, 6.45) is 0.273. The molecular weight excluding hydrogens is 482 g/mol. The average Bonchev–Trinajstić information content (AvgIpc) is 3.33. The molecule has 3 N–H and O–H groups in total. The average molecular weight is 495 g/mol. The van der Waals surface area contributed by atoms with Gasteiger partial charge < -0.3 is 16.0 Å². The van der Waals surface area contributed by atoms with Crippen molar-refractivity contribution in [3.05, 3.63) is 52.3 Å². The van der Waals surface area contributed by atoms with Gasteiger partial charge in [0.05, 0.1) is 27.9 Å². The van der Waals surface area contributed by atoms with Gasteiger partial charge in [-0.2, -0.15) is 0 Å². The monoisotopic (exact) mass is 493 g/mol. The number of amides is 3. The van der Waals surface area contributed by atoms with Crippen LogP contribution < -0.4 is 16.0 Å². The highest BCUT2D eigenvalue weighted by molar-refractivity contribution is 6.52. The van der Waals surface area contributed by atoms with E-state index in [2.05, 4.69) is 10.6 Å². The molecule has 0 radical (unpaired) electrons. The first-order valence-corrected chi connectivity index (χ1v) is 9.78. The molecule has 12 heteroatoms. The van der Waals surface area contributed by atoms with Crippen LogP contribution in [0.25, 0.3) is 0 Å². The lowest BCUT2D eigenvalue weighted by Crippen LogP contribution is -2.19. The van der Waals surface area contributed by atoms with Crippen LogP contribution in [0.5, 0.6) is 0 Å². The zero-order chi connectivity index (χ0) is 23.1. The SMILES string of the molecule is CC(=O)Nc1cc(NC(=O)c2cc(NC(=O)C3CC3(Cl)Cl)ccc2Cl)c(F)c(F)c1F. The van der Waals surface area contributed by atoms with Gasteiger partial charge in [-0.05, 0) is 30.7 Å². The minimum absolute atomic E-state index is 0.0592. The van der Waals surface area contributed by atoms with Gasteiger partial charge in [-0.25, -0.2) is 13.2 Å². The van der Waals surface area contributed by atoms with Gasteiger partial charge in [-0.15, -0.1) is 23.2 Å². The van der Waals surface area contributed by atoms with E-state index in [0.717, 1.165) is 13.0 Å². The normalized spacial score (nSPS) is 16.4. The van der Waals surface area contributed by atoms with Gasteiger partial charge >= 0.3 is 0 Å². The smallest absolute Gasteiger partial charge is 0.257 e. The summed E-state index contributed by atoms with van der Waals surface area (Å²) < 4.78 is 40.6. The maximum atomic E-state index is 14.1. The number of anilines is 3. The second-order valence-electron chi connectivity index (χ2n) is 6.75. The van der Waals surface area contributed by atoms with Crippen LogP contribution in [0.15, 0.2) is 24.3 Å². The Morgan fingerprint density at radius 3 is 2.10 bits per heavy atom. The number of halogens is 6. The molecule has 1 atom stereocenters. The molecule has 1 unspecified atom stereocenters. The number of hydrogen-bond acceptors (Lipinski definition) is 3. The van der Waals surface area contributed by atoms with E-state index in [-0.39, 0.29) is 22.7 Å². The lowest BCUT2D eigenvalue weighted by atomic mass is 10.1. The predicted octanol–water partition coefficient (Wildman–Crippen LogP) is 5.10. The number of carbonyl (C=O) groups excluding carboxylic acids is 3. The fourth-order valence-corrected chi connectivity index (χ4v) is 3.38. The first kappa shape index (κ1) is 23.2. The molecule has 2 aromatic carbocycles. The van der Waals surface area contributed by atoms with Crippen molar-refractivity contribution in [2.75, 3.05) is 16.0 Å². The van der Waals surface area contributed by atoms with Gasteiger partial charge in [0, 0.05) is 12.6 Å². The Bertz CT molecular complexity index is 1110. The third-order valence-corrected chi connectivity index (χ3v) is 5.49. The Hall–Kier alpha value is -2.49. The van der Waals surface area contributed by atoms with Crippen molar-refractivity contribution < 1.29 is 27.6 Å². The number of rotatable bonds is 5. The first-order valence-electron chi connectivity index (χ1n) is 8.65. The summed E-state index contributed by atoms with van der Waals surface area (Å²) in [4.78, 5) is 35.8. The molecule has 0 aromatic heterocycles. The van der Waals surface area contributed by atoms with Crippen LogP contribution >= 0.6 is 34.8 Å². The summed E-state index contributed by atoms with van der Waals surface area (Å²) in [5.74, 6) is -7.98. The van der Waals surface area contributed by atoms with Crippen molar-refractivity contribution in [1.82, 2.24) is 0 Å². The van der Waals surface area contributed by atoms with E-state index in [4.69, 9.17) is 34.8 Å². The van der Waals surface area contributed by atoms with E-state index in [9.17, 15) is 27.6 Å². The summed E-state index contributed by atoms with van der Waals surface area (Å²) >= 11 is 17.7. The molecule has 6 nitrogen and oxygen atoms in total. The van der Waals surface area contributed by atoms with Crippen molar-refractivity contribution in [2.24, 2.45) is 5.92 Å². The highest BCUT2D eigenvalue weighted by Crippen LogP contribution is 2.53.